The Hall–Kier alpha value is -3.99. The highest BCUT2D eigenvalue weighted by molar-refractivity contribution is 6.31. The molecule has 12 heteroatoms. The number of amides is 3. The van der Waals surface area contributed by atoms with E-state index in [1.165, 1.54) is 25.2 Å². The smallest absolute Gasteiger partial charge is 0.359 e. The molecule has 0 saturated heterocycles. The van der Waals surface area contributed by atoms with Gasteiger partial charge in [0.05, 0.1) is 18.0 Å². The van der Waals surface area contributed by atoms with E-state index in [-0.39, 0.29) is 39.9 Å². The number of hydrogen-bond donors (Lipinski definition) is 3. The number of rotatable bonds is 5. The van der Waals surface area contributed by atoms with Gasteiger partial charge in [0.1, 0.15) is 11.6 Å². The molecule has 37 heavy (non-hydrogen) atoms. The van der Waals surface area contributed by atoms with Crippen LogP contribution < -0.4 is 16.0 Å². The van der Waals surface area contributed by atoms with Crippen molar-refractivity contribution in [3.05, 3.63) is 98.6 Å². The summed E-state index contributed by atoms with van der Waals surface area (Å²) in [5.41, 5.74) is -1.40. The van der Waals surface area contributed by atoms with Gasteiger partial charge in [0.2, 0.25) is 5.91 Å². The molecular formula is C25H17ClF5N3O3. The zero-order chi connectivity index (χ0) is 27.1. The van der Waals surface area contributed by atoms with Crippen molar-refractivity contribution in [2.75, 3.05) is 12.4 Å². The molecule has 0 aromatic heterocycles. The quantitative estimate of drug-likeness (QED) is 0.400. The van der Waals surface area contributed by atoms with Crippen LogP contribution in [0.1, 0.15) is 49.0 Å². The second-order valence-electron chi connectivity index (χ2n) is 8.21. The first-order valence-corrected chi connectivity index (χ1v) is 11.1. The van der Waals surface area contributed by atoms with E-state index in [9.17, 15) is 36.3 Å². The molecule has 0 radical (unpaired) electrons. The van der Waals surface area contributed by atoms with Gasteiger partial charge >= 0.3 is 6.18 Å². The van der Waals surface area contributed by atoms with Gasteiger partial charge in [-0.15, -0.1) is 0 Å². The number of alkyl halides is 3. The van der Waals surface area contributed by atoms with Crippen LogP contribution in [0.2, 0.25) is 5.02 Å². The van der Waals surface area contributed by atoms with Gasteiger partial charge in [-0.1, -0.05) is 11.6 Å². The maximum absolute atomic E-state index is 14.0. The number of anilines is 1. The fourth-order valence-electron chi connectivity index (χ4n) is 4.02. The topological polar surface area (TPSA) is 87.3 Å². The molecule has 0 spiro atoms. The van der Waals surface area contributed by atoms with Crippen molar-refractivity contribution in [1.29, 1.82) is 0 Å². The van der Waals surface area contributed by atoms with Crippen LogP contribution in [0.5, 0.6) is 0 Å². The third-order valence-electron chi connectivity index (χ3n) is 5.70. The Balaban J connectivity index is 1.83. The van der Waals surface area contributed by atoms with Crippen LogP contribution in [0.3, 0.4) is 0 Å². The number of benzene rings is 3. The number of carbonyl (C=O) groups excluding carboxylic acids is 3. The number of halogens is 6. The Morgan fingerprint density at radius 3 is 2.43 bits per heavy atom. The van der Waals surface area contributed by atoms with Gasteiger partial charge in [-0.2, -0.15) is 13.2 Å². The van der Waals surface area contributed by atoms with Gasteiger partial charge < -0.3 is 16.0 Å². The lowest BCUT2D eigenvalue weighted by molar-refractivity contribution is -0.137. The van der Waals surface area contributed by atoms with E-state index in [1.54, 1.807) is 0 Å². The van der Waals surface area contributed by atoms with E-state index >= 15 is 0 Å². The van der Waals surface area contributed by atoms with Crippen LogP contribution in [0.15, 0.2) is 48.5 Å². The van der Waals surface area contributed by atoms with Crippen LogP contribution in [-0.2, 0) is 17.4 Å². The van der Waals surface area contributed by atoms with Crippen LogP contribution in [0.4, 0.5) is 27.6 Å². The van der Waals surface area contributed by atoms with Gasteiger partial charge in [-0.25, -0.2) is 8.78 Å². The molecule has 192 valence electrons. The minimum atomic E-state index is -4.90. The summed E-state index contributed by atoms with van der Waals surface area (Å²) >= 11 is 6.23. The Kier molecular flexibility index (Phi) is 6.92. The fourth-order valence-corrected chi connectivity index (χ4v) is 4.25. The molecule has 1 aliphatic rings. The Morgan fingerprint density at radius 2 is 1.76 bits per heavy atom. The summed E-state index contributed by atoms with van der Waals surface area (Å²) in [6, 6.07) is 6.58. The molecular weight excluding hydrogens is 521 g/mol. The van der Waals surface area contributed by atoms with Gasteiger partial charge in [0.25, 0.3) is 11.8 Å². The van der Waals surface area contributed by atoms with Crippen molar-refractivity contribution in [1.82, 2.24) is 10.6 Å². The number of fused-ring (bicyclic) bond motifs is 1. The molecule has 3 N–H and O–H groups in total. The number of nitrogens with one attached hydrogen (secondary N) is 3. The van der Waals surface area contributed by atoms with Crippen molar-refractivity contribution >= 4 is 35.0 Å². The maximum Gasteiger partial charge on any atom is 0.416 e. The lowest BCUT2D eigenvalue weighted by Gasteiger charge is -2.19. The van der Waals surface area contributed by atoms with Crippen LogP contribution in [0, 0.1) is 11.6 Å². The third kappa shape index (κ3) is 5.41. The summed E-state index contributed by atoms with van der Waals surface area (Å²) in [6.07, 6.45) is -5.09. The largest absolute Gasteiger partial charge is 0.416 e. The molecule has 0 bridgehead atoms. The van der Waals surface area contributed by atoms with Crippen molar-refractivity contribution in [3.63, 3.8) is 0 Å². The monoisotopic (exact) mass is 537 g/mol. The van der Waals surface area contributed by atoms with Gasteiger partial charge in [-0.3, -0.25) is 14.4 Å². The summed E-state index contributed by atoms with van der Waals surface area (Å²) in [7, 11) is 1.40. The first-order valence-electron chi connectivity index (χ1n) is 10.7. The minimum absolute atomic E-state index is 0.0391. The molecule has 0 fully saturated rings. The number of likely N-dealkylation sites (N-methyl/N-ethyl adjacent to an activating group) is 1. The molecule has 3 aromatic carbocycles. The van der Waals surface area contributed by atoms with E-state index in [1.807, 2.05) is 0 Å². The average Bonchev–Trinajstić information content (AvgIpc) is 3.16. The lowest BCUT2D eigenvalue weighted by Crippen LogP contribution is -2.21. The predicted octanol–water partition coefficient (Wildman–Crippen LogP) is 5.01. The van der Waals surface area contributed by atoms with E-state index in [0.717, 1.165) is 12.1 Å². The Morgan fingerprint density at radius 1 is 1.03 bits per heavy atom. The van der Waals surface area contributed by atoms with E-state index in [0.29, 0.717) is 17.7 Å². The van der Waals surface area contributed by atoms with Crippen LogP contribution >= 0.6 is 11.6 Å². The number of carbonyl (C=O) groups is 3. The maximum atomic E-state index is 14.0. The molecule has 1 aliphatic heterocycles. The van der Waals surface area contributed by atoms with Gasteiger partial charge in [-0.05, 0) is 54.1 Å². The minimum Gasteiger partial charge on any atom is -0.359 e. The lowest BCUT2D eigenvalue weighted by atomic mass is 9.93. The number of hydrogen-bond acceptors (Lipinski definition) is 3. The van der Waals surface area contributed by atoms with Crippen molar-refractivity contribution in [3.8, 4) is 0 Å². The summed E-state index contributed by atoms with van der Waals surface area (Å²) < 4.78 is 67.4. The standard InChI is InChI=1S/C25H17ClF5N3O3/c1-32-20(35)6-11-4-17-21(22(34-24(17)37)16-10-14(27)2-3-18(16)26)19(5-11)33-23(36)12-7-13(25(29,30)31)9-15(28)8-12/h2-5,7-10,22H,6H2,1H3,(H,32,35)(H,33,36)(H,34,37). The van der Waals surface area contributed by atoms with E-state index in [4.69, 9.17) is 11.6 Å². The molecule has 1 unspecified atom stereocenters. The highest BCUT2D eigenvalue weighted by atomic mass is 35.5. The Bertz CT molecular complexity index is 1440. The summed E-state index contributed by atoms with van der Waals surface area (Å²) in [5.74, 6) is -4.06. The molecule has 3 aromatic rings. The van der Waals surface area contributed by atoms with Crippen LogP contribution in [-0.4, -0.2) is 24.8 Å². The van der Waals surface area contributed by atoms with Gasteiger partial charge in [0, 0.05) is 40.0 Å². The predicted molar refractivity (Wildman–Crippen MR) is 124 cm³/mol. The Labute approximate surface area is 211 Å². The normalized spacial score (nSPS) is 14.7. The summed E-state index contributed by atoms with van der Waals surface area (Å²) in [4.78, 5) is 37.7. The molecule has 3 amide bonds. The van der Waals surface area contributed by atoms with Crippen LogP contribution in [0.25, 0.3) is 0 Å². The molecule has 6 nitrogen and oxygen atoms in total. The SMILES string of the molecule is CNC(=O)Cc1cc(NC(=O)c2cc(F)cc(C(F)(F)F)c2)c2c(c1)C(=O)NC2c1cc(F)ccc1Cl. The first-order chi connectivity index (χ1) is 17.4. The van der Waals surface area contributed by atoms with E-state index < -0.39 is 52.7 Å². The van der Waals surface area contributed by atoms with E-state index in [2.05, 4.69) is 16.0 Å². The average molecular weight is 538 g/mol. The second kappa shape index (κ2) is 9.81. The third-order valence-corrected chi connectivity index (χ3v) is 6.04. The highest BCUT2D eigenvalue weighted by Crippen LogP contribution is 2.40. The molecule has 1 atom stereocenters. The highest BCUT2D eigenvalue weighted by Gasteiger charge is 2.36. The van der Waals surface area contributed by atoms with Crippen molar-refractivity contribution in [2.45, 2.75) is 18.6 Å². The fraction of sp³-hybridized carbons (Fsp3) is 0.160. The second-order valence-corrected chi connectivity index (χ2v) is 8.61. The molecule has 0 saturated carbocycles. The molecule has 0 aliphatic carbocycles. The summed E-state index contributed by atoms with van der Waals surface area (Å²) in [6.45, 7) is 0. The summed E-state index contributed by atoms with van der Waals surface area (Å²) in [5, 5.41) is 7.58. The molecule has 4 rings (SSSR count). The van der Waals surface area contributed by atoms with Crippen molar-refractivity contribution in [2.24, 2.45) is 0 Å². The first kappa shape index (κ1) is 26.1. The van der Waals surface area contributed by atoms with Gasteiger partial charge in [0.15, 0.2) is 0 Å². The zero-order valence-electron chi connectivity index (χ0n) is 18.9. The van der Waals surface area contributed by atoms with Crippen molar-refractivity contribution < 1.29 is 36.3 Å². The zero-order valence-corrected chi connectivity index (χ0v) is 19.7. The molecule has 1 heterocycles.